The number of rotatable bonds is 8. The zero-order chi connectivity index (χ0) is 23.3. The molecule has 1 amide bonds. The standard InChI is InChI=1S/C26H27NO5/c1-6-14-32-22-13-10-19(16-23(22)30-5)15-21-24(26(29)31-7-2)18(4)27(25(21)28)20-11-8-17(3)9-12-20/h6,8-13,15-16H,1,7,14H2,2-5H3/b21-15-. The fraction of sp³-hybridized carbons (Fsp3) is 0.231. The quantitative estimate of drug-likeness (QED) is 0.339. The maximum atomic E-state index is 13.4. The number of allylic oxidation sites excluding steroid dienone is 1. The average molecular weight is 434 g/mol. The van der Waals surface area contributed by atoms with Crippen molar-refractivity contribution in [3.8, 4) is 11.5 Å². The third-order valence-electron chi connectivity index (χ3n) is 5.03. The van der Waals surface area contributed by atoms with Gasteiger partial charge in [-0.2, -0.15) is 0 Å². The largest absolute Gasteiger partial charge is 0.493 e. The van der Waals surface area contributed by atoms with Gasteiger partial charge in [-0.05, 0) is 56.7 Å². The molecule has 0 spiro atoms. The molecule has 0 atom stereocenters. The minimum Gasteiger partial charge on any atom is -0.493 e. The van der Waals surface area contributed by atoms with Gasteiger partial charge in [-0.1, -0.05) is 36.4 Å². The van der Waals surface area contributed by atoms with Gasteiger partial charge in [0.25, 0.3) is 5.91 Å². The third-order valence-corrected chi connectivity index (χ3v) is 5.03. The van der Waals surface area contributed by atoms with Gasteiger partial charge in [0.15, 0.2) is 11.5 Å². The van der Waals surface area contributed by atoms with E-state index in [1.165, 1.54) is 4.90 Å². The van der Waals surface area contributed by atoms with Crippen LogP contribution >= 0.6 is 0 Å². The lowest BCUT2D eigenvalue weighted by atomic mass is 10.0. The van der Waals surface area contributed by atoms with Crippen molar-refractivity contribution in [3.05, 3.63) is 83.1 Å². The minimum atomic E-state index is -0.530. The summed E-state index contributed by atoms with van der Waals surface area (Å²) in [6.07, 6.45) is 3.32. The van der Waals surface area contributed by atoms with Crippen molar-refractivity contribution < 1.29 is 23.8 Å². The van der Waals surface area contributed by atoms with E-state index in [0.717, 1.165) is 5.56 Å². The summed E-state index contributed by atoms with van der Waals surface area (Å²) in [5, 5.41) is 0. The first-order chi connectivity index (χ1) is 15.4. The van der Waals surface area contributed by atoms with Crippen LogP contribution in [0.1, 0.15) is 25.0 Å². The van der Waals surface area contributed by atoms with Gasteiger partial charge in [-0.3, -0.25) is 9.69 Å². The second kappa shape index (κ2) is 10.0. The Morgan fingerprint density at radius 2 is 1.81 bits per heavy atom. The molecule has 6 heteroatoms. The van der Waals surface area contributed by atoms with Gasteiger partial charge >= 0.3 is 5.97 Å². The molecule has 32 heavy (non-hydrogen) atoms. The van der Waals surface area contributed by atoms with E-state index in [4.69, 9.17) is 14.2 Å². The molecule has 6 nitrogen and oxygen atoms in total. The summed E-state index contributed by atoms with van der Waals surface area (Å²) in [6.45, 7) is 9.66. The van der Waals surface area contributed by atoms with Crippen molar-refractivity contribution in [1.82, 2.24) is 0 Å². The van der Waals surface area contributed by atoms with Crippen LogP contribution in [-0.2, 0) is 14.3 Å². The van der Waals surface area contributed by atoms with E-state index >= 15 is 0 Å². The minimum absolute atomic E-state index is 0.213. The molecule has 1 aliphatic heterocycles. The van der Waals surface area contributed by atoms with Crippen LogP contribution in [-0.4, -0.2) is 32.2 Å². The Morgan fingerprint density at radius 1 is 1.09 bits per heavy atom. The van der Waals surface area contributed by atoms with Crippen molar-refractivity contribution >= 4 is 23.6 Å². The molecule has 0 radical (unpaired) electrons. The Labute approximate surface area is 188 Å². The number of aryl methyl sites for hydroxylation is 1. The number of anilines is 1. The summed E-state index contributed by atoms with van der Waals surface area (Å²) in [5.41, 5.74) is 3.51. The first kappa shape index (κ1) is 22.9. The molecule has 0 bridgehead atoms. The van der Waals surface area contributed by atoms with Crippen LogP contribution in [0.15, 0.2) is 72.0 Å². The zero-order valence-electron chi connectivity index (χ0n) is 18.8. The Hall–Kier alpha value is -3.80. The van der Waals surface area contributed by atoms with Crippen molar-refractivity contribution in [2.75, 3.05) is 25.2 Å². The normalized spacial score (nSPS) is 14.7. The van der Waals surface area contributed by atoms with E-state index in [1.807, 2.05) is 31.2 Å². The maximum absolute atomic E-state index is 13.4. The van der Waals surface area contributed by atoms with Crippen LogP contribution in [0.3, 0.4) is 0 Å². The van der Waals surface area contributed by atoms with Crippen molar-refractivity contribution in [2.24, 2.45) is 0 Å². The highest BCUT2D eigenvalue weighted by Gasteiger charge is 2.38. The number of hydrogen-bond donors (Lipinski definition) is 0. The van der Waals surface area contributed by atoms with Crippen LogP contribution in [0, 0.1) is 6.92 Å². The lowest BCUT2D eigenvalue weighted by Gasteiger charge is -2.18. The van der Waals surface area contributed by atoms with Gasteiger partial charge in [0.05, 0.1) is 24.9 Å². The lowest BCUT2D eigenvalue weighted by Crippen LogP contribution is -2.24. The number of esters is 1. The summed E-state index contributed by atoms with van der Waals surface area (Å²) >= 11 is 0. The molecule has 0 N–H and O–H groups in total. The second-order valence-electron chi connectivity index (χ2n) is 7.22. The van der Waals surface area contributed by atoms with Gasteiger partial charge in [-0.15, -0.1) is 0 Å². The summed E-state index contributed by atoms with van der Waals surface area (Å²) in [5.74, 6) is 0.254. The molecule has 166 valence electrons. The smallest absolute Gasteiger partial charge is 0.340 e. The average Bonchev–Trinajstić information content (AvgIpc) is 3.03. The van der Waals surface area contributed by atoms with Crippen molar-refractivity contribution in [1.29, 1.82) is 0 Å². The molecular formula is C26H27NO5. The number of benzene rings is 2. The second-order valence-corrected chi connectivity index (χ2v) is 7.22. The maximum Gasteiger partial charge on any atom is 0.340 e. The van der Waals surface area contributed by atoms with Crippen molar-refractivity contribution in [2.45, 2.75) is 20.8 Å². The Bertz CT molecular complexity index is 1100. The SMILES string of the molecule is C=CCOc1ccc(/C=C2\C(=O)N(c3ccc(C)cc3)C(C)=C2C(=O)OCC)cc1OC. The van der Waals surface area contributed by atoms with Gasteiger partial charge in [0.1, 0.15) is 6.61 Å². The van der Waals surface area contributed by atoms with Gasteiger partial charge in [0.2, 0.25) is 0 Å². The van der Waals surface area contributed by atoms with Crippen LogP contribution in [0.25, 0.3) is 6.08 Å². The number of amides is 1. The first-order valence-electron chi connectivity index (χ1n) is 10.3. The van der Waals surface area contributed by atoms with E-state index < -0.39 is 5.97 Å². The van der Waals surface area contributed by atoms with Gasteiger partial charge in [0, 0.05) is 11.4 Å². The van der Waals surface area contributed by atoms with E-state index in [1.54, 1.807) is 51.3 Å². The molecule has 2 aromatic carbocycles. The molecule has 3 rings (SSSR count). The Balaban J connectivity index is 2.08. The highest BCUT2D eigenvalue weighted by Crippen LogP contribution is 2.36. The molecule has 1 aliphatic rings. The predicted molar refractivity (Wildman–Crippen MR) is 125 cm³/mol. The molecule has 0 fully saturated rings. The Kier molecular flexibility index (Phi) is 7.15. The molecule has 1 heterocycles. The highest BCUT2D eigenvalue weighted by atomic mass is 16.5. The number of ether oxygens (including phenoxy) is 3. The number of carbonyl (C=O) groups excluding carboxylic acids is 2. The third kappa shape index (κ3) is 4.59. The van der Waals surface area contributed by atoms with E-state index in [9.17, 15) is 9.59 Å². The molecular weight excluding hydrogens is 406 g/mol. The summed E-state index contributed by atoms with van der Waals surface area (Å²) in [7, 11) is 1.54. The zero-order valence-corrected chi connectivity index (χ0v) is 18.8. The van der Waals surface area contributed by atoms with Gasteiger partial charge < -0.3 is 14.2 Å². The van der Waals surface area contributed by atoms with E-state index in [0.29, 0.717) is 35.1 Å². The lowest BCUT2D eigenvalue weighted by molar-refractivity contribution is -0.138. The monoisotopic (exact) mass is 433 g/mol. The summed E-state index contributed by atoms with van der Waals surface area (Å²) < 4.78 is 16.3. The fourth-order valence-electron chi connectivity index (χ4n) is 3.49. The van der Waals surface area contributed by atoms with Crippen LogP contribution in [0.4, 0.5) is 5.69 Å². The van der Waals surface area contributed by atoms with E-state index in [2.05, 4.69) is 6.58 Å². The summed E-state index contributed by atoms with van der Waals surface area (Å²) in [6, 6.07) is 12.9. The van der Waals surface area contributed by atoms with Crippen LogP contribution in [0.2, 0.25) is 0 Å². The molecule has 0 unspecified atom stereocenters. The number of hydrogen-bond acceptors (Lipinski definition) is 5. The highest BCUT2D eigenvalue weighted by molar-refractivity contribution is 6.23. The fourth-order valence-corrected chi connectivity index (χ4v) is 3.49. The summed E-state index contributed by atoms with van der Waals surface area (Å²) in [4.78, 5) is 27.7. The first-order valence-corrected chi connectivity index (χ1v) is 10.3. The topological polar surface area (TPSA) is 65.1 Å². The molecule has 0 saturated heterocycles. The number of methoxy groups -OCH3 is 1. The Morgan fingerprint density at radius 3 is 2.44 bits per heavy atom. The van der Waals surface area contributed by atoms with Crippen molar-refractivity contribution in [3.63, 3.8) is 0 Å². The number of carbonyl (C=O) groups is 2. The molecule has 0 aliphatic carbocycles. The van der Waals surface area contributed by atoms with E-state index in [-0.39, 0.29) is 23.7 Å². The van der Waals surface area contributed by atoms with Crippen LogP contribution in [0.5, 0.6) is 11.5 Å². The van der Waals surface area contributed by atoms with Gasteiger partial charge in [-0.25, -0.2) is 4.79 Å². The molecule has 0 aromatic heterocycles. The molecule has 0 saturated carbocycles. The number of nitrogens with zero attached hydrogens (tertiary/aromatic N) is 1. The van der Waals surface area contributed by atoms with Crippen LogP contribution < -0.4 is 14.4 Å². The predicted octanol–water partition coefficient (Wildman–Crippen LogP) is 4.84. The molecule has 2 aromatic rings.